The van der Waals surface area contributed by atoms with Gasteiger partial charge in [-0.1, -0.05) is 74.6 Å². The number of hydrogen-bond acceptors (Lipinski definition) is 24. The largest absolute Gasteiger partial charge is 0.375 e. The van der Waals surface area contributed by atoms with Crippen LogP contribution in [-0.4, -0.2) is 239 Å². The third-order valence-electron chi connectivity index (χ3n) is 27.2. The zero-order chi connectivity index (χ0) is 103. The molecule has 40 heteroatoms. The van der Waals surface area contributed by atoms with E-state index >= 15 is 4.39 Å². The number of piperazine rings is 4. The summed E-state index contributed by atoms with van der Waals surface area (Å²) in [6.45, 7) is 37.2. The van der Waals surface area contributed by atoms with E-state index in [1.54, 1.807) is 85.7 Å². The minimum atomic E-state index is -0.835. The van der Waals surface area contributed by atoms with Gasteiger partial charge in [0.15, 0.2) is 0 Å². The lowest BCUT2D eigenvalue weighted by atomic mass is 9.97. The van der Waals surface area contributed by atoms with Gasteiger partial charge in [-0.25, -0.2) is 45.5 Å². The quantitative estimate of drug-likeness (QED) is 0.0488. The van der Waals surface area contributed by atoms with Crippen LogP contribution in [0.3, 0.4) is 0 Å². The minimum absolute atomic E-state index is 0.0456. The first-order valence-electron chi connectivity index (χ1n) is 47.7. The Morgan fingerprint density at radius 3 is 1.13 bits per heavy atom. The number of hydrogen-bond donors (Lipinski definition) is 3. The lowest BCUT2D eigenvalue weighted by Gasteiger charge is -2.44. The number of ether oxygens (including phenoxy) is 1. The van der Waals surface area contributed by atoms with Crippen molar-refractivity contribution in [2.45, 2.75) is 137 Å². The maximum absolute atomic E-state index is 15.3. The Bertz CT molecular complexity index is 7510. The van der Waals surface area contributed by atoms with Gasteiger partial charge in [-0.15, -0.1) is 47.0 Å². The van der Waals surface area contributed by atoms with Gasteiger partial charge >= 0.3 is 22.8 Å². The first-order valence-corrected chi connectivity index (χ1v) is 52.4. The number of carbonyl (C=O) groups is 4. The zero-order valence-electron chi connectivity index (χ0n) is 81.0. The lowest BCUT2D eigenvalue weighted by Crippen LogP contribution is -2.58. The van der Waals surface area contributed by atoms with E-state index in [0.29, 0.717) is 198 Å². The molecule has 0 radical (unpaired) electrons. The third-order valence-corrected chi connectivity index (χ3v) is 32.8. The zero-order valence-corrected chi connectivity index (χ0v) is 85.8. The number of nitrogens with two attached hydrogens (primary N) is 3. The first-order chi connectivity index (χ1) is 69.5. The molecule has 8 aliphatic heterocycles. The van der Waals surface area contributed by atoms with Crippen LogP contribution in [0.2, 0.25) is 10.0 Å². The van der Waals surface area contributed by atoms with Crippen LogP contribution in [0.15, 0.2) is 186 Å². The molecule has 12 heterocycles. The predicted octanol–water partition coefficient (Wildman–Crippen LogP) is 14.9. The van der Waals surface area contributed by atoms with Crippen LogP contribution in [0.5, 0.6) is 0 Å². The van der Waals surface area contributed by atoms with E-state index in [1.807, 2.05) is 76.5 Å². The van der Waals surface area contributed by atoms with Crippen LogP contribution in [0.4, 0.5) is 49.6 Å². The number of benzene rings is 8. The van der Waals surface area contributed by atoms with Gasteiger partial charge in [0, 0.05) is 258 Å². The maximum Gasteiger partial charge on any atom is 0.350 e. The second-order valence-electron chi connectivity index (χ2n) is 37.1. The third kappa shape index (κ3) is 20.9. The Hall–Kier alpha value is -12.2. The SMILES string of the molecule is C=CC(=O)N1CCN(c2nc(=O)n3c4c(c(-c5ccc(F)c(Cl)c5)c(C)cc24)SCC(N)C3)CC1.C=CC(=O)N1CCN(c2nc(=O)n3c4c(c(-c5ccc(F)cc5)c(C)cc24)SCC(N)C3)CC1.C=CC(=O)N1CCN(c2nc(=O)n3c4c(c(-c5ccc(F)cc5F)c(C)cc24)SCC(N)C3)CC1.C=CC(=O)N1[C@H](C)CN(c2nc(=O)n3c4c(c(-c5cc(Cl)c(F)cc5F)c(C)cc24)SCC(OCCC)C3)C[C@@H]1C. The van der Waals surface area contributed by atoms with Crippen molar-refractivity contribution in [3.05, 3.63) is 257 Å². The highest BCUT2D eigenvalue weighted by Crippen LogP contribution is 2.51. The van der Waals surface area contributed by atoms with Crippen molar-refractivity contribution in [3.63, 3.8) is 0 Å². The van der Waals surface area contributed by atoms with Gasteiger partial charge in [-0.05, 0) is 172 Å². The fourth-order valence-corrected chi connectivity index (χ4v) is 25.9. The highest BCUT2D eigenvalue weighted by atomic mass is 35.5. The molecular formula is C105H109Cl2F6N19O9S4. The molecule has 6 N–H and O–H groups in total. The number of nitrogens with zero attached hydrogens (tertiary/aromatic N) is 16. The molecule has 20 rings (SSSR count). The number of anilines is 4. The van der Waals surface area contributed by atoms with Gasteiger partial charge in [-0.2, -0.15) is 19.9 Å². The molecule has 0 spiro atoms. The van der Waals surface area contributed by atoms with E-state index < -0.39 is 40.5 Å². The predicted molar refractivity (Wildman–Crippen MR) is 566 cm³/mol. The van der Waals surface area contributed by atoms with Crippen molar-refractivity contribution in [3.8, 4) is 44.5 Å². The van der Waals surface area contributed by atoms with Gasteiger partial charge in [0.1, 0.15) is 58.2 Å². The molecule has 0 saturated carbocycles. The Morgan fingerprint density at radius 2 is 0.738 bits per heavy atom. The first kappa shape index (κ1) is 104. The van der Waals surface area contributed by atoms with E-state index in [1.165, 1.54) is 84.2 Å². The number of aromatic nitrogens is 8. The summed E-state index contributed by atoms with van der Waals surface area (Å²) in [6.07, 6.45) is 5.83. The summed E-state index contributed by atoms with van der Waals surface area (Å²) in [5.41, 5.74) is 29.0. The second kappa shape index (κ2) is 43.8. The van der Waals surface area contributed by atoms with E-state index in [4.69, 9.17) is 45.1 Å². The number of carbonyl (C=O) groups excluding carboxylic acids is 4. The normalized spacial score (nSPS) is 18.8. The Balaban J connectivity index is 0.000000133. The average Bonchev–Trinajstić information content (AvgIpc) is 1.74. The molecule has 8 aromatic carbocycles. The highest BCUT2D eigenvalue weighted by Gasteiger charge is 2.39. The smallest absolute Gasteiger partial charge is 0.350 e. The maximum atomic E-state index is 15.3. The van der Waals surface area contributed by atoms with Gasteiger partial charge in [-0.3, -0.25) is 37.4 Å². The minimum Gasteiger partial charge on any atom is -0.375 e. The van der Waals surface area contributed by atoms with Crippen LogP contribution < -0.4 is 59.6 Å². The van der Waals surface area contributed by atoms with Crippen molar-refractivity contribution in [1.82, 2.24) is 57.8 Å². The van der Waals surface area contributed by atoms with Gasteiger partial charge in [0.2, 0.25) is 23.6 Å². The Morgan fingerprint density at radius 1 is 0.393 bits per heavy atom. The van der Waals surface area contributed by atoms with Crippen LogP contribution >= 0.6 is 70.2 Å². The number of halogens is 8. The van der Waals surface area contributed by atoms with Crippen LogP contribution in [-0.2, 0) is 50.1 Å². The van der Waals surface area contributed by atoms with Crippen LogP contribution in [0, 0.1) is 62.6 Å². The number of amides is 4. The molecule has 0 aliphatic carbocycles. The Labute approximate surface area is 859 Å². The van der Waals surface area contributed by atoms with Crippen molar-refractivity contribution in [2.75, 3.05) is 141 Å². The molecule has 4 fully saturated rings. The van der Waals surface area contributed by atoms with Gasteiger partial charge < -0.3 is 61.1 Å². The highest BCUT2D eigenvalue weighted by molar-refractivity contribution is 8.00. The molecule has 6 atom stereocenters. The molecular weight excluding hydrogens is 1980 g/mol. The van der Waals surface area contributed by atoms with Crippen molar-refractivity contribution < 1.29 is 50.3 Å². The summed E-state index contributed by atoms with van der Waals surface area (Å²) in [5.74, 6) is 0.545. The molecule has 28 nitrogen and oxygen atoms in total. The van der Waals surface area contributed by atoms with E-state index in [0.717, 1.165) is 110 Å². The number of aryl methyl sites for hydroxylation is 4. The monoisotopic (exact) mass is 2090 g/mol. The summed E-state index contributed by atoms with van der Waals surface area (Å²) in [7, 11) is 0. The van der Waals surface area contributed by atoms with Crippen molar-refractivity contribution in [1.29, 1.82) is 0 Å². The van der Waals surface area contributed by atoms with Crippen molar-refractivity contribution >= 4 is 161 Å². The molecule has 0 bridgehead atoms. The Kier molecular flexibility index (Phi) is 31.5. The van der Waals surface area contributed by atoms with E-state index in [-0.39, 0.29) is 98.3 Å². The van der Waals surface area contributed by atoms with Gasteiger partial charge in [0.25, 0.3) is 0 Å². The molecule has 4 amide bonds. The fourth-order valence-electron chi connectivity index (χ4n) is 20.4. The summed E-state index contributed by atoms with van der Waals surface area (Å²) < 4.78 is 98.1. The molecule has 4 saturated heterocycles. The van der Waals surface area contributed by atoms with E-state index in [2.05, 4.69) is 62.1 Å². The summed E-state index contributed by atoms with van der Waals surface area (Å²) >= 11 is 18.4. The molecule has 758 valence electrons. The molecule has 145 heavy (non-hydrogen) atoms. The van der Waals surface area contributed by atoms with Crippen molar-refractivity contribution in [2.24, 2.45) is 17.2 Å². The standard InChI is InChI=1S/C30H33ClF2N4O3S.C25H25ClFN5O2S.C25H25F2N5O2S.C25H26FN5O2S/c1-6-8-40-19-14-36-27-21(29(34-30(36)39)35-12-17(4)37(18(5)13-35)25(38)7-2)9-16(3)26(28(27)41-15-19)20-10-22(31)24(33)11-23(20)32;1-3-20(33)30-6-8-31(9-7-30)24-17-10-14(2)21(15-4-5-19(27)18(26)11-15)23-22(17)32(25(34)29-24)12-16(28)13-35-23;1-3-20(33)30-6-8-31(9-7-30)24-18-10-14(2)21(17-5-4-15(26)11-19(17)27)23-22(18)32(25(34)29-24)12-16(28)13-35-23;1-3-20(32)29-8-10-30(11-9-29)24-19-12-15(2)21(16-4-6-17(26)7-5-16)23-22(19)31(25(33)28-24)13-18(27)14-34-23/h7,9-11,17-19H,2,6,8,12-15H2,1,3-5H3;2*3-5,10-11,16H,1,6-9,12-13,28H2,2H3;3-7,12,18H,1,8-11,13-14,27H2,2H3/t17-,18+,19?;;;. The van der Waals surface area contributed by atoms with Gasteiger partial charge in [0.05, 0.1) is 44.8 Å². The summed E-state index contributed by atoms with van der Waals surface area (Å²) in [6, 6.07) is 23.7. The molecule has 12 aromatic rings. The topological polar surface area (TPSA) is 321 Å². The lowest BCUT2D eigenvalue weighted by molar-refractivity contribution is -0.131. The summed E-state index contributed by atoms with van der Waals surface area (Å²) in [5, 5.41) is 3.14. The number of thioether (sulfide) groups is 4. The molecule has 8 aliphatic rings. The van der Waals surface area contributed by atoms with Crippen LogP contribution in [0.1, 0.15) is 49.4 Å². The number of rotatable bonds is 15. The van der Waals surface area contributed by atoms with Crippen LogP contribution in [0.25, 0.3) is 88.1 Å². The molecule has 4 unspecified atom stereocenters. The van der Waals surface area contributed by atoms with E-state index in [9.17, 15) is 60.3 Å². The second-order valence-corrected chi connectivity index (χ2v) is 42.1. The fraction of sp³-hybridized carbons (Fsp3) is 0.352. The average molecular weight is 2090 g/mol. The summed E-state index contributed by atoms with van der Waals surface area (Å²) in [4.78, 5) is 138. The molecule has 4 aromatic heterocycles.